The largest absolute Gasteiger partial charge is 0.338 e. The van der Waals surface area contributed by atoms with Gasteiger partial charge in [0.1, 0.15) is 6.16 Å². The molecule has 0 rings (SSSR count). The van der Waals surface area contributed by atoms with Gasteiger partial charge in [0.2, 0.25) is 0 Å². The quantitative estimate of drug-likeness (QED) is 0.366. The van der Waals surface area contributed by atoms with Gasteiger partial charge < -0.3 is 9.05 Å². The number of rotatable bonds is 9. The summed E-state index contributed by atoms with van der Waals surface area (Å²) in [6, 6.07) is 0. The number of ketones is 1. The molecule has 5 heteroatoms. The van der Waals surface area contributed by atoms with Crippen molar-refractivity contribution in [3.05, 3.63) is 36.5 Å². The Kier molecular flexibility index (Phi) is 8.55. The second-order valence-corrected chi connectivity index (χ2v) is 5.44. The SMILES string of the molecule is C=C/C=C(\C=C/C)C(=O)CP(=O)(OCC)OCC. The number of carbonyl (C=O) groups excluding carboxylic acids is 1. The van der Waals surface area contributed by atoms with E-state index in [1.165, 1.54) is 6.08 Å². The molecule has 0 saturated heterocycles. The van der Waals surface area contributed by atoms with Crippen molar-refractivity contribution in [2.24, 2.45) is 0 Å². The highest BCUT2D eigenvalue weighted by Crippen LogP contribution is 2.48. The van der Waals surface area contributed by atoms with Gasteiger partial charge in [-0.3, -0.25) is 9.36 Å². The van der Waals surface area contributed by atoms with Gasteiger partial charge in [-0.1, -0.05) is 30.9 Å². The molecule has 18 heavy (non-hydrogen) atoms. The monoisotopic (exact) mass is 272 g/mol. The topological polar surface area (TPSA) is 52.6 Å². The van der Waals surface area contributed by atoms with Crippen molar-refractivity contribution in [3.63, 3.8) is 0 Å². The normalized spacial score (nSPS) is 12.9. The molecule has 4 nitrogen and oxygen atoms in total. The Morgan fingerprint density at radius 3 is 2.22 bits per heavy atom. The van der Waals surface area contributed by atoms with Crippen molar-refractivity contribution >= 4 is 13.4 Å². The van der Waals surface area contributed by atoms with E-state index in [4.69, 9.17) is 9.05 Å². The number of carbonyl (C=O) groups is 1. The van der Waals surface area contributed by atoms with Gasteiger partial charge in [-0.05, 0) is 20.8 Å². The maximum Gasteiger partial charge on any atom is 0.338 e. The van der Waals surface area contributed by atoms with Gasteiger partial charge in [0.15, 0.2) is 5.78 Å². The number of hydrogen-bond donors (Lipinski definition) is 0. The first-order valence-electron chi connectivity index (χ1n) is 5.89. The summed E-state index contributed by atoms with van der Waals surface area (Å²) in [4.78, 5) is 12.0. The lowest BCUT2D eigenvalue weighted by Gasteiger charge is -2.16. The molecule has 0 unspecified atom stereocenters. The average Bonchev–Trinajstić information content (AvgIpc) is 2.29. The molecule has 0 aromatic carbocycles. The van der Waals surface area contributed by atoms with Gasteiger partial charge in [0.05, 0.1) is 13.2 Å². The molecule has 0 aromatic heterocycles. The predicted molar refractivity (Wildman–Crippen MR) is 73.8 cm³/mol. The van der Waals surface area contributed by atoms with E-state index in [-0.39, 0.29) is 25.2 Å². The van der Waals surface area contributed by atoms with Crippen LogP contribution >= 0.6 is 7.60 Å². The summed E-state index contributed by atoms with van der Waals surface area (Å²) < 4.78 is 22.4. The maximum atomic E-state index is 12.2. The summed E-state index contributed by atoms with van der Waals surface area (Å²) in [5.74, 6) is -0.279. The van der Waals surface area contributed by atoms with Crippen LogP contribution in [0.4, 0.5) is 0 Å². The smallest absolute Gasteiger partial charge is 0.309 e. The van der Waals surface area contributed by atoms with E-state index in [1.807, 2.05) is 0 Å². The molecule has 0 amide bonds. The minimum Gasteiger partial charge on any atom is -0.309 e. The fraction of sp³-hybridized carbons (Fsp3) is 0.462. The highest BCUT2D eigenvalue weighted by Gasteiger charge is 2.28. The summed E-state index contributed by atoms with van der Waals surface area (Å²) in [6.45, 7) is 9.25. The highest BCUT2D eigenvalue weighted by atomic mass is 31.2. The first kappa shape index (κ1) is 17.0. The molecular formula is C13H21O4P. The minimum absolute atomic E-state index is 0.245. The minimum atomic E-state index is -3.34. The zero-order chi connectivity index (χ0) is 14.0. The Hall–Kier alpha value is -0.960. The van der Waals surface area contributed by atoms with Crippen LogP contribution in [0.1, 0.15) is 20.8 Å². The molecule has 0 saturated carbocycles. The van der Waals surface area contributed by atoms with E-state index in [0.29, 0.717) is 5.57 Å². The summed E-state index contributed by atoms with van der Waals surface area (Å²) >= 11 is 0. The van der Waals surface area contributed by atoms with Gasteiger partial charge >= 0.3 is 7.60 Å². The van der Waals surface area contributed by atoms with Crippen molar-refractivity contribution in [3.8, 4) is 0 Å². The van der Waals surface area contributed by atoms with Crippen LogP contribution < -0.4 is 0 Å². The zero-order valence-electron chi connectivity index (χ0n) is 11.2. The first-order chi connectivity index (χ1) is 8.52. The third kappa shape index (κ3) is 6.10. The molecule has 0 aliphatic carbocycles. The molecule has 0 fully saturated rings. The fourth-order valence-corrected chi connectivity index (χ4v) is 2.92. The summed E-state index contributed by atoms with van der Waals surface area (Å²) in [5.41, 5.74) is 0.437. The van der Waals surface area contributed by atoms with E-state index in [1.54, 1.807) is 39.0 Å². The van der Waals surface area contributed by atoms with Crippen molar-refractivity contribution in [2.75, 3.05) is 19.4 Å². The molecule has 0 aliphatic heterocycles. The van der Waals surface area contributed by atoms with Crippen molar-refractivity contribution in [1.29, 1.82) is 0 Å². The first-order valence-corrected chi connectivity index (χ1v) is 7.62. The van der Waals surface area contributed by atoms with E-state index < -0.39 is 7.60 Å². The molecule has 102 valence electrons. The molecule has 0 atom stereocenters. The molecule has 0 radical (unpaired) electrons. The van der Waals surface area contributed by atoms with Gasteiger partial charge in [0, 0.05) is 5.57 Å². The van der Waals surface area contributed by atoms with Gasteiger partial charge in [-0.15, -0.1) is 0 Å². The average molecular weight is 272 g/mol. The molecule has 0 aliphatic rings. The Morgan fingerprint density at radius 1 is 1.28 bits per heavy atom. The summed E-state index contributed by atoms with van der Waals surface area (Å²) in [7, 11) is -3.34. The number of hydrogen-bond acceptors (Lipinski definition) is 4. The van der Waals surface area contributed by atoms with Crippen LogP contribution in [0, 0.1) is 0 Å². The van der Waals surface area contributed by atoms with Crippen LogP contribution in [-0.2, 0) is 18.4 Å². The maximum absolute atomic E-state index is 12.2. The highest BCUT2D eigenvalue weighted by molar-refractivity contribution is 7.54. The molecule has 0 N–H and O–H groups in total. The Labute approximate surface area is 109 Å². The Balaban J connectivity index is 4.93. The lowest BCUT2D eigenvalue weighted by molar-refractivity contribution is -0.113. The second-order valence-electron chi connectivity index (χ2n) is 3.39. The van der Waals surface area contributed by atoms with Crippen LogP contribution in [0.2, 0.25) is 0 Å². The molecule has 0 bridgehead atoms. The van der Waals surface area contributed by atoms with Gasteiger partial charge in [-0.25, -0.2) is 0 Å². The predicted octanol–water partition coefficient (Wildman–Crippen LogP) is 3.51. The molecule has 0 spiro atoms. The zero-order valence-corrected chi connectivity index (χ0v) is 12.1. The van der Waals surface area contributed by atoms with E-state index in [2.05, 4.69) is 6.58 Å². The lowest BCUT2D eigenvalue weighted by atomic mass is 10.1. The third-order valence-corrected chi connectivity index (χ3v) is 3.93. The van der Waals surface area contributed by atoms with E-state index in [0.717, 1.165) is 0 Å². The van der Waals surface area contributed by atoms with Crippen LogP contribution in [0.25, 0.3) is 0 Å². The summed E-state index contributed by atoms with van der Waals surface area (Å²) in [6.07, 6.45) is 6.22. The van der Waals surface area contributed by atoms with Crippen molar-refractivity contribution in [1.82, 2.24) is 0 Å². The number of Topliss-reactive ketones (excluding diaryl/α,β-unsaturated/α-hetero) is 1. The summed E-state index contributed by atoms with van der Waals surface area (Å²) in [5, 5.41) is 0. The van der Waals surface area contributed by atoms with Crippen LogP contribution in [0.5, 0.6) is 0 Å². The Morgan fingerprint density at radius 2 is 1.83 bits per heavy atom. The van der Waals surface area contributed by atoms with Crippen LogP contribution in [-0.4, -0.2) is 25.2 Å². The third-order valence-electron chi connectivity index (χ3n) is 1.95. The van der Waals surface area contributed by atoms with Crippen LogP contribution in [0.15, 0.2) is 36.5 Å². The van der Waals surface area contributed by atoms with E-state index in [9.17, 15) is 9.36 Å². The van der Waals surface area contributed by atoms with Gasteiger partial charge in [-0.2, -0.15) is 0 Å². The molecule has 0 heterocycles. The van der Waals surface area contributed by atoms with E-state index >= 15 is 0 Å². The lowest BCUT2D eigenvalue weighted by Crippen LogP contribution is -2.11. The van der Waals surface area contributed by atoms with Crippen LogP contribution in [0.3, 0.4) is 0 Å². The second kappa shape index (κ2) is 9.03. The standard InChI is InChI=1S/C13H21O4P/c1-5-9-12(10-6-2)13(14)11-18(15,16-7-3)17-8-4/h5-6,9-10H,1,7-8,11H2,2-4H3/b10-6-,12-9+. The molecular weight excluding hydrogens is 251 g/mol. The molecule has 0 aromatic rings. The van der Waals surface area contributed by atoms with Crippen molar-refractivity contribution in [2.45, 2.75) is 20.8 Å². The Bertz CT molecular complexity index is 372. The van der Waals surface area contributed by atoms with Crippen molar-refractivity contribution < 1.29 is 18.4 Å². The fourth-order valence-electron chi connectivity index (χ4n) is 1.34. The van der Waals surface area contributed by atoms with Gasteiger partial charge in [0.25, 0.3) is 0 Å². The number of allylic oxidation sites excluding steroid dienone is 5.